The molecule has 0 amide bonds. The van der Waals surface area contributed by atoms with Gasteiger partial charge in [0, 0.05) is 42.9 Å². The fraction of sp³-hybridized carbons (Fsp3) is 0.517. The maximum atomic E-state index is 12.5. The molecule has 1 aliphatic heterocycles. The van der Waals surface area contributed by atoms with Crippen LogP contribution in [0.25, 0.3) is 10.8 Å². The minimum absolute atomic E-state index is 0.0886. The summed E-state index contributed by atoms with van der Waals surface area (Å²) in [5.74, 6) is 1.21. The van der Waals surface area contributed by atoms with E-state index in [0.717, 1.165) is 23.8 Å². The normalized spacial score (nSPS) is 22.6. The second-order valence-electron chi connectivity index (χ2n) is 11.3. The first-order chi connectivity index (χ1) is 18.9. The fourth-order valence-electron chi connectivity index (χ4n) is 5.25. The van der Waals surface area contributed by atoms with Crippen molar-refractivity contribution in [3.8, 4) is 5.88 Å². The van der Waals surface area contributed by atoms with Crippen molar-refractivity contribution in [2.24, 2.45) is 5.73 Å². The van der Waals surface area contributed by atoms with Crippen LogP contribution in [0.2, 0.25) is 0 Å². The fourth-order valence-corrected chi connectivity index (χ4v) is 6.73. The van der Waals surface area contributed by atoms with E-state index >= 15 is 0 Å². The standard InChI is InChI=1S/C29H37N5O5S/c1-6-8-23(30)21-14-32-27(38-17-11-18(12-17)40(36,37)7-2)22-15-31-25(13-20(21)22)33-24-10-9-19-26(34-24)16(3)29(4,5)39-28(19)35/h9-10,13-18,23H,6-8,11-12,30H2,1-5H3,(H,31,33,34)/t16-,17-,18+,23-/m1/s1. The van der Waals surface area contributed by atoms with Crippen LogP contribution in [0.5, 0.6) is 5.88 Å². The van der Waals surface area contributed by atoms with E-state index in [1.54, 1.807) is 31.5 Å². The lowest BCUT2D eigenvalue weighted by Gasteiger charge is -2.36. The van der Waals surface area contributed by atoms with Crippen molar-refractivity contribution in [2.45, 2.75) is 89.2 Å². The Morgan fingerprint density at radius 1 is 1.15 bits per heavy atom. The molecule has 0 saturated heterocycles. The Labute approximate surface area is 235 Å². The lowest BCUT2D eigenvalue weighted by molar-refractivity contribution is -0.0189. The van der Waals surface area contributed by atoms with Crippen LogP contribution in [0.4, 0.5) is 11.6 Å². The molecule has 1 fully saturated rings. The quantitative estimate of drug-likeness (QED) is 0.340. The van der Waals surface area contributed by atoms with Crippen LogP contribution in [-0.2, 0) is 14.6 Å². The number of carbonyl (C=O) groups excluding carboxylic acids is 1. The van der Waals surface area contributed by atoms with Gasteiger partial charge in [0.25, 0.3) is 0 Å². The number of hydrogen-bond donors (Lipinski definition) is 2. The van der Waals surface area contributed by atoms with E-state index in [1.165, 1.54) is 0 Å². The molecule has 1 saturated carbocycles. The Morgan fingerprint density at radius 2 is 1.90 bits per heavy atom. The van der Waals surface area contributed by atoms with Crippen LogP contribution in [0.15, 0.2) is 30.6 Å². The Hall–Kier alpha value is -3.31. The van der Waals surface area contributed by atoms with Gasteiger partial charge >= 0.3 is 5.97 Å². The number of nitrogens with one attached hydrogen (secondary N) is 1. The Kier molecular flexibility index (Phi) is 7.47. The van der Waals surface area contributed by atoms with Crippen molar-refractivity contribution in [3.05, 3.63) is 47.4 Å². The summed E-state index contributed by atoms with van der Waals surface area (Å²) in [6.07, 6.45) is 5.84. The molecule has 214 valence electrons. The number of sulfone groups is 1. The SMILES string of the molecule is CCC[C@@H](N)c1cnc(O[C@H]2C[C@@H](S(=O)(=O)CC)C2)c2cnc(Nc3ccc4c(n3)[C@@H](C)C(C)(C)OC4=O)cc12. The van der Waals surface area contributed by atoms with E-state index in [4.69, 9.17) is 20.2 Å². The maximum absolute atomic E-state index is 12.5. The van der Waals surface area contributed by atoms with Gasteiger partial charge in [-0.05, 0) is 49.4 Å². The molecule has 3 aromatic rings. The summed E-state index contributed by atoms with van der Waals surface area (Å²) in [7, 11) is -3.08. The summed E-state index contributed by atoms with van der Waals surface area (Å²) in [5.41, 5.74) is 7.90. The molecule has 0 bridgehead atoms. The van der Waals surface area contributed by atoms with Gasteiger partial charge in [0.2, 0.25) is 5.88 Å². The zero-order valence-electron chi connectivity index (χ0n) is 23.6. The van der Waals surface area contributed by atoms with Crippen LogP contribution in [0.3, 0.4) is 0 Å². The number of aromatic nitrogens is 3. The highest BCUT2D eigenvalue weighted by Crippen LogP contribution is 2.39. The van der Waals surface area contributed by atoms with Gasteiger partial charge in [-0.2, -0.15) is 0 Å². The summed E-state index contributed by atoms with van der Waals surface area (Å²) >= 11 is 0. The summed E-state index contributed by atoms with van der Waals surface area (Å²) in [4.78, 5) is 26.4. The average Bonchev–Trinajstić information content (AvgIpc) is 2.88. The first-order valence-electron chi connectivity index (χ1n) is 13.9. The second-order valence-corrected chi connectivity index (χ2v) is 13.9. The number of pyridine rings is 3. The Morgan fingerprint density at radius 3 is 2.60 bits per heavy atom. The number of anilines is 2. The van der Waals surface area contributed by atoms with E-state index in [9.17, 15) is 13.2 Å². The highest BCUT2D eigenvalue weighted by Gasteiger charge is 2.41. The van der Waals surface area contributed by atoms with Crippen molar-refractivity contribution >= 4 is 38.2 Å². The molecule has 40 heavy (non-hydrogen) atoms. The largest absolute Gasteiger partial charge is 0.474 e. The summed E-state index contributed by atoms with van der Waals surface area (Å²) in [5, 5.41) is 4.49. The topological polar surface area (TPSA) is 146 Å². The number of carbonyl (C=O) groups is 1. The predicted molar refractivity (Wildman–Crippen MR) is 154 cm³/mol. The molecular formula is C29H37N5O5S. The molecule has 5 rings (SSSR count). The van der Waals surface area contributed by atoms with Crippen LogP contribution >= 0.6 is 0 Å². The van der Waals surface area contributed by atoms with Crippen molar-refractivity contribution < 1.29 is 22.7 Å². The molecule has 0 aromatic carbocycles. The molecule has 2 atom stereocenters. The Bertz CT molecular complexity index is 1550. The molecule has 0 radical (unpaired) electrons. The number of nitrogens with two attached hydrogens (primary N) is 1. The second kappa shape index (κ2) is 10.6. The number of ether oxygens (including phenoxy) is 2. The van der Waals surface area contributed by atoms with E-state index in [0.29, 0.717) is 47.0 Å². The van der Waals surface area contributed by atoms with E-state index in [-0.39, 0.29) is 35.0 Å². The zero-order valence-corrected chi connectivity index (χ0v) is 24.4. The molecular weight excluding hydrogens is 530 g/mol. The van der Waals surface area contributed by atoms with Gasteiger partial charge in [-0.1, -0.05) is 27.2 Å². The third-order valence-electron chi connectivity index (χ3n) is 8.21. The molecule has 3 aromatic heterocycles. The Balaban J connectivity index is 1.45. The van der Waals surface area contributed by atoms with Crippen molar-refractivity contribution in [1.82, 2.24) is 15.0 Å². The molecule has 10 nitrogen and oxygen atoms in total. The third kappa shape index (κ3) is 5.24. The number of esters is 1. The van der Waals surface area contributed by atoms with Crippen LogP contribution < -0.4 is 15.8 Å². The van der Waals surface area contributed by atoms with Gasteiger partial charge in [-0.15, -0.1) is 0 Å². The predicted octanol–water partition coefficient (Wildman–Crippen LogP) is 4.97. The van der Waals surface area contributed by atoms with E-state index in [1.807, 2.05) is 26.8 Å². The lowest BCUT2D eigenvalue weighted by Crippen LogP contribution is -2.43. The summed E-state index contributed by atoms with van der Waals surface area (Å²) in [6, 6.07) is 5.15. The van der Waals surface area contributed by atoms with Gasteiger partial charge in [0.05, 0.1) is 21.9 Å². The van der Waals surface area contributed by atoms with E-state index < -0.39 is 15.4 Å². The summed E-state index contributed by atoms with van der Waals surface area (Å²) < 4.78 is 36.1. The number of nitrogens with zero attached hydrogens (tertiary/aromatic N) is 3. The smallest absolute Gasteiger partial charge is 0.340 e. The minimum atomic E-state index is -3.08. The van der Waals surface area contributed by atoms with Gasteiger partial charge in [0.15, 0.2) is 9.84 Å². The number of cyclic esters (lactones) is 1. The number of hydrogen-bond acceptors (Lipinski definition) is 10. The number of rotatable bonds is 9. The maximum Gasteiger partial charge on any atom is 0.340 e. The molecule has 1 aliphatic carbocycles. The molecule has 4 heterocycles. The minimum Gasteiger partial charge on any atom is -0.474 e. The first-order valence-corrected chi connectivity index (χ1v) is 15.6. The van der Waals surface area contributed by atoms with E-state index in [2.05, 4.69) is 22.2 Å². The molecule has 3 N–H and O–H groups in total. The lowest BCUT2D eigenvalue weighted by atomic mass is 9.84. The first kappa shape index (κ1) is 28.2. The van der Waals surface area contributed by atoms with Crippen LogP contribution in [-0.4, -0.2) is 52.0 Å². The molecule has 2 aliphatic rings. The van der Waals surface area contributed by atoms with Gasteiger partial charge in [0.1, 0.15) is 23.3 Å². The monoisotopic (exact) mass is 567 g/mol. The van der Waals surface area contributed by atoms with Gasteiger partial charge < -0.3 is 20.5 Å². The van der Waals surface area contributed by atoms with Gasteiger partial charge in [-0.3, -0.25) is 0 Å². The average molecular weight is 568 g/mol. The number of fused-ring (bicyclic) bond motifs is 2. The zero-order chi connectivity index (χ0) is 28.8. The van der Waals surface area contributed by atoms with Crippen LogP contribution in [0, 0.1) is 0 Å². The van der Waals surface area contributed by atoms with Gasteiger partial charge in [-0.25, -0.2) is 28.2 Å². The third-order valence-corrected chi connectivity index (χ3v) is 10.4. The molecule has 0 unspecified atom stereocenters. The van der Waals surface area contributed by atoms with Crippen molar-refractivity contribution in [2.75, 3.05) is 11.1 Å². The highest BCUT2D eigenvalue weighted by molar-refractivity contribution is 7.92. The van der Waals surface area contributed by atoms with Crippen molar-refractivity contribution in [1.29, 1.82) is 0 Å². The molecule has 0 spiro atoms. The molecule has 11 heteroatoms. The highest BCUT2D eigenvalue weighted by atomic mass is 32.2. The van der Waals surface area contributed by atoms with Crippen molar-refractivity contribution in [3.63, 3.8) is 0 Å². The summed E-state index contributed by atoms with van der Waals surface area (Å²) in [6.45, 7) is 9.51. The van der Waals surface area contributed by atoms with Crippen LogP contribution in [0.1, 0.15) is 93.9 Å².